The summed E-state index contributed by atoms with van der Waals surface area (Å²) in [6.07, 6.45) is 1.15. The van der Waals surface area contributed by atoms with E-state index < -0.39 is 0 Å². The Hall–Kier alpha value is -1.50. The molecule has 0 bridgehead atoms. The molecule has 0 aromatic heterocycles. The third kappa shape index (κ3) is 4.00. The van der Waals surface area contributed by atoms with Gasteiger partial charge in [0.15, 0.2) is 0 Å². The summed E-state index contributed by atoms with van der Waals surface area (Å²) in [5.41, 5.74) is 1.89. The Balaban J connectivity index is 2.49. The minimum Gasteiger partial charge on any atom is -0.508 e. The average molecular weight is 284 g/mol. The second-order valence-electron chi connectivity index (χ2n) is 8.47. The molecule has 0 aliphatic rings. The molecular formula is C20H28O. The molecule has 1 atom stereocenters. The minimum absolute atomic E-state index is 0.220. The van der Waals surface area contributed by atoms with Gasteiger partial charge in [-0.3, -0.25) is 0 Å². The molecule has 0 saturated heterocycles. The molecule has 1 nitrogen and oxygen atoms in total. The lowest BCUT2D eigenvalue weighted by molar-refractivity contribution is 0.229. The SMILES string of the molecule is CC(C)(C)CC(c1ccc2ccc(O)cc2c1)C(C)(C)C. The summed E-state index contributed by atoms with van der Waals surface area (Å²) < 4.78 is 0. The van der Waals surface area contributed by atoms with Crippen LogP contribution in [0.25, 0.3) is 10.8 Å². The molecule has 0 aliphatic heterocycles. The largest absolute Gasteiger partial charge is 0.508 e. The van der Waals surface area contributed by atoms with Crippen molar-refractivity contribution in [1.82, 2.24) is 0 Å². The zero-order chi connectivity index (χ0) is 15.8. The van der Waals surface area contributed by atoms with Crippen molar-refractivity contribution in [2.45, 2.75) is 53.9 Å². The molecule has 0 saturated carbocycles. The number of phenols is 1. The number of phenolic OH excluding ortho intramolecular Hbond substituents is 1. The number of fused-ring (bicyclic) bond motifs is 1. The lowest BCUT2D eigenvalue weighted by Crippen LogP contribution is -2.23. The molecule has 2 aromatic rings. The fraction of sp³-hybridized carbons (Fsp3) is 0.500. The summed E-state index contributed by atoms with van der Waals surface area (Å²) in [4.78, 5) is 0. The van der Waals surface area contributed by atoms with Gasteiger partial charge in [-0.25, -0.2) is 0 Å². The van der Waals surface area contributed by atoms with E-state index in [4.69, 9.17) is 0 Å². The molecular weight excluding hydrogens is 256 g/mol. The number of aromatic hydroxyl groups is 1. The van der Waals surface area contributed by atoms with E-state index in [1.807, 2.05) is 12.1 Å². The quantitative estimate of drug-likeness (QED) is 0.705. The van der Waals surface area contributed by atoms with Gasteiger partial charge in [0.1, 0.15) is 5.75 Å². The van der Waals surface area contributed by atoms with Crippen LogP contribution in [-0.4, -0.2) is 5.11 Å². The molecule has 1 N–H and O–H groups in total. The summed E-state index contributed by atoms with van der Waals surface area (Å²) in [6.45, 7) is 13.9. The van der Waals surface area contributed by atoms with Gasteiger partial charge in [0.2, 0.25) is 0 Å². The zero-order valence-electron chi connectivity index (χ0n) is 14.2. The molecule has 114 valence electrons. The van der Waals surface area contributed by atoms with E-state index in [0.717, 1.165) is 11.8 Å². The third-order valence-corrected chi connectivity index (χ3v) is 4.11. The second-order valence-corrected chi connectivity index (χ2v) is 8.47. The van der Waals surface area contributed by atoms with Crippen molar-refractivity contribution in [3.8, 4) is 5.75 Å². The Bertz CT molecular complexity index is 626. The van der Waals surface area contributed by atoms with Crippen molar-refractivity contribution >= 4 is 10.8 Å². The Morgan fingerprint density at radius 3 is 2.05 bits per heavy atom. The Morgan fingerprint density at radius 2 is 1.48 bits per heavy atom. The maximum atomic E-state index is 9.71. The van der Waals surface area contributed by atoms with E-state index >= 15 is 0 Å². The summed E-state index contributed by atoms with van der Waals surface area (Å²) >= 11 is 0. The zero-order valence-corrected chi connectivity index (χ0v) is 14.2. The fourth-order valence-corrected chi connectivity index (χ4v) is 3.01. The van der Waals surface area contributed by atoms with E-state index in [9.17, 15) is 5.11 Å². The lowest BCUT2D eigenvalue weighted by atomic mass is 9.69. The highest BCUT2D eigenvalue weighted by Crippen LogP contribution is 2.43. The van der Waals surface area contributed by atoms with Crippen molar-refractivity contribution in [2.75, 3.05) is 0 Å². The van der Waals surface area contributed by atoms with Crippen LogP contribution >= 0.6 is 0 Å². The van der Waals surface area contributed by atoms with Gasteiger partial charge >= 0.3 is 0 Å². The maximum Gasteiger partial charge on any atom is 0.116 e. The highest BCUT2D eigenvalue weighted by Gasteiger charge is 2.30. The molecule has 0 radical (unpaired) electrons. The number of hydrogen-bond donors (Lipinski definition) is 1. The molecule has 2 aromatic carbocycles. The minimum atomic E-state index is 0.220. The van der Waals surface area contributed by atoms with E-state index in [1.54, 1.807) is 6.07 Å². The summed E-state index contributed by atoms with van der Waals surface area (Å²) in [5.74, 6) is 0.840. The van der Waals surface area contributed by atoms with E-state index in [0.29, 0.717) is 17.1 Å². The van der Waals surface area contributed by atoms with Crippen molar-refractivity contribution in [1.29, 1.82) is 0 Å². The number of benzene rings is 2. The normalized spacial score (nSPS) is 14.4. The van der Waals surface area contributed by atoms with Crippen molar-refractivity contribution < 1.29 is 5.11 Å². The van der Waals surface area contributed by atoms with Crippen molar-refractivity contribution in [2.24, 2.45) is 10.8 Å². The molecule has 0 aliphatic carbocycles. The molecule has 0 amide bonds. The number of hydrogen-bond acceptors (Lipinski definition) is 1. The van der Waals surface area contributed by atoms with Crippen LogP contribution in [0.4, 0.5) is 0 Å². The van der Waals surface area contributed by atoms with Crippen LogP contribution in [0.3, 0.4) is 0 Å². The first-order chi connectivity index (χ1) is 9.56. The Morgan fingerprint density at radius 1 is 0.857 bits per heavy atom. The molecule has 0 fully saturated rings. The summed E-state index contributed by atoms with van der Waals surface area (Å²) in [6, 6.07) is 12.3. The lowest BCUT2D eigenvalue weighted by Gasteiger charge is -2.36. The first-order valence-corrected chi connectivity index (χ1v) is 7.79. The van der Waals surface area contributed by atoms with Gasteiger partial charge in [-0.1, -0.05) is 65.8 Å². The third-order valence-electron chi connectivity index (χ3n) is 4.11. The highest BCUT2D eigenvalue weighted by molar-refractivity contribution is 5.84. The van der Waals surface area contributed by atoms with E-state index in [2.05, 4.69) is 59.7 Å². The molecule has 21 heavy (non-hydrogen) atoms. The van der Waals surface area contributed by atoms with Gasteiger partial charge in [0.05, 0.1) is 0 Å². The predicted octanol–water partition coefficient (Wildman–Crippen LogP) is 6.11. The molecule has 0 heterocycles. The first kappa shape index (κ1) is 15.9. The monoisotopic (exact) mass is 284 g/mol. The van der Waals surface area contributed by atoms with Gasteiger partial charge in [0, 0.05) is 0 Å². The van der Waals surface area contributed by atoms with Gasteiger partial charge in [-0.05, 0) is 51.6 Å². The van der Waals surface area contributed by atoms with Gasteiger partial charge in [-0.2, -0.15) is 0 Å². The fourth-order valence-electron chi connectivity index (χ4n) is 3.01. The van der Waals surface area contributed by atoms with E-state index in [-0.39, 0.29) is 5.41 Å². The van der Waals surface area contributed by atoms with Gasteiger partial charge in [-0.15, -0.1) is 0 Å². The number of rotatable bonds is 2. The molecule has 2 rings (SSSR count). The maximum absolute atomic E-state index is 9.71. The summed E-state index contributed by atoms with van der Waals surface area (Å²) in [7, 11) is 0. The molecule has 1 heteroatoms. The second kappa shape index (κ2) is 5.36. The van der Waals surface area contributed by atoms with Crippen LogP contribution < -0.4 is 0 Å². The van der Waals surface area contributed by atoms with E-state index in [1.165, 1.54) is 10.9 Å². The predicted molar refractivity (Wildman–Crippen MR) is 91.9 cm³/mol. The van der Waals surface area contributed by atoms with Crippen molar-refractivity contribution in [3.05, 3.63) is 42.0 Å². The summed E-state index contributed by atoms with van der Waals surface area (Å²) in [5, 5.41) is 12.0. The van der Waals surface area contributed by atoms with Crippen LogP contribution in [0, 0.1) is 10.8 Å². The Kier molecular flexibility index (Phi) is 4.06. The first-order valence-electron chi connectivity index (χ1n) is 7.79. The van der Waals surface area contributed by atoms with Crippen LogP contribution in [-0.2, 0) is 0 Å². The van der Waals surface area contributed by atoms with Gasteiger partial charge in [0.25, 0.3) is 0 Å². The van der Waals surface area contributed by atoms with Crippen LogP contribution in [0.1, 0.15) is 59.4 Å². The topological polar surface area (TPSA) is 20.2 Å². The van der Waals surface area contributed by atoms with Crippen molar-refractivity contribution in [3.63, 3.8) is 0 Å². The van der Waals surface area contributed by atoms with Crippen LogP contribution in [0.5, 0.6) is 5.75 Å². The molecule has 0 spiro atoms. The smallest absolute Gasteiger partial charge is 0.116 e. The van der Waals surface area contributed by atoms with Crippen LogP contribution in [0.2, 0.25) is 0 Å². The van der Waals surface area contributed by atoms with Gasteiger partial charge < -0.3 is 5.11 Å². The average Bonchev–Trinajstić information content (AvgIpc) is 2.32. The highest BCUT2D eigenvalue weighted by atomic mass is 16.3. The Labute approximate surface area is 129 Å². The standard InChI is InChI=1S/C20H28O/c1-19(2,3)13-18(20(4,5)6)15-8-7-14-9-10-17(21)12-16(14)11-15/h7-12,18,21H,13H2,1-6H3. The van der Waals surface area contributed by atoms with Crippen LogP contribution in [0.15, 0.2) is 36.4 Å². The molecule has 1 unspecified atom stereocenters.